The number of methoxy groups -OCH3 is 1. The monoisotopic (exact) mass is 380 g/mol. The second-order valence-corrected chi connectivity index (χ2v) is 5.95. The summed E-state index contributed by atoms with van der Waals surface area (Å²) in [6.45, 7) is 1.60. The third-order valence-electron chi connectivity index (χ3n) is 4.10. The summed E-state index contributed by atoms with van der Waals surface area (Å²) in [4.78, 5) is 30.4. The number of aryl methyl sites for hydroxylation is 1. The van der Waals surface area contributed by atoms with Crippen molar-refractivity contribution in [3.63, 3.8) is 0 Å². The van der Waals surface area contributed by atoms with Gasteiger partial charge in [0.05, 0.1) is 48.9 Å². The highest BCUT2D eigenvalue weighted by molar-refractivity contribution is 5.96. The Bertz CT molecular complexity index is 941. The molecule has 0 bridgehead atoms. The highest BCUT2D eigenvalue weighted by Gasteiger charge is 2.18. The number of esters is 1. The standard InChI is InChI=1S/C20H20N4O4/c1-14-17(11-15-5-6-16(27-2)12-18(15)23-14)20(26)28-13-19(25)24(9-3-7-21)10-4-8-22/h5-6,11-12H,3-4,9-10,13H2,1-2H3. The molecule has 1 amide bonds. The molecule has 28 heavy (non-hydrogen) atoms. The molecule has 1 heterocycles. The maximum absolute atomic E-state index is 12.4. The van der Waals surface area contributed by atoms with Gasteiger partial charge in [0, 0.05) is 24.5 Å². The summed E-state index contributed by atoms with van der Waals surface area (Å²) < 4.78 is 10.3. The molecule has 0 N–H and O–H groups in total. The Morgan fingerprint density at radius 3 is 2.43 bits per heavy atom. The van der Waals surface area contributed by atoms with Gasteiger partial charge in [-0.2, -0.15) is 10.5 Å². The van der Waals surface area contributed by atoms with Crippen LogP contribution < -0.4 is 4.74 Å². The molecular formula is C20H20N4O4. The molecule has 0 aliphatic carbocycles. The summed E-state index contributed by atoms with van der Waals surface area (Å²) in [5.74, 6) is -0.443. The topological polar surface area (TPSA) is 116 Å². The fourth-order valence-electron chi connectivity index (χ4n) is 2.60. The number of benzene rings is 1. The van der Waals surface area contributed by atoms with Crippen LogP contribution in [0.2, 0.25) is 0 Å². The SMILES string of the molecule is COc1ccc2cc(C(=O)OCC(=O)N(CCC#N)CCC#N)c(C)nc2c1. The summed E-state index contributed by atoms with van der Waals surface area (Å²) in [6, 6.07) is 10.9. The zero-order valence-electron chi connectivity index (χ0n) is 15.8. The summed E-state index contributed by atoms with van der Waals surface area (Å²) in [5.41, 5.74) is 1.43. The number of rotatable bonds is 8. The Kier molecular flexibility index (Phi) is 7.29. The third-order valence-corrected chi connectivity index (χ3v) is 4.10. The van der Waals surface area contributed by atoms with Crippen LogP contribution in [0.4, 0.5) is 0 Å². The zero-order valence-corrected chi connectivity index (χ0v) is 15.8. The van der Waals surface area contributed by atoms with Crippen molar-refractivity contribution in [2.24, 2.45) is 0 Å². The van der Waals surface area contributed by atoms with Gasteiger partial charge in [-0.3, -0.25) is 9.78 Å². The lowest BCUT2D eigenvalue weighted by molar-refractivity contribution is -0.134. The van der Waals surface area contributed by atoms with Crippen molar-refractivity contribution >= 4 is 22.8 Å². The zero-order chi connectivity index (χ0) is 20.5. The average Bonchev–Trinajstić information content (AvgIpc) is 2.70. The highest BCUT2D eigenvalue weighted by Crippen LogP contribution is 2.22. The molecule has 0 fully saturated rings. The lowest BCUT2D eigenvalue weighted by Crippen LogP contribution is -2.36. The quantitative estimate of drug-likeness (QED) is 0.645. The molecule has 0 unspecified atom stereocenters. The maximum atomic E-state index is 12.4. The van der Waals surface area contributed by atoms with Crippen molar-refractivity contribution in [2.45, 2.75) is 19.8 Å². The van der Waals surface area contributed by atoms with Crippen LogP contribution >= 0.6 is 0 Å². The molecular weight excluding hydrogens is 360 g/mol. The van der Waals surface area contributed by atoms with E-state index in [0.717, 1.165) is 5.39 Å². The molecule has 0 radical (unpaired) electrons. The molecule has 2 aromatic rings. The molecule has 0 aliphatic rings. The van der Waals surface area contributed by atoms with Crippen molar-refractivity contribution < 1.29 is 19.1 Å². The van der Waals surface area contributed by atoms with Crippen LogP contribution in [0.15, 0.2) is 24.3 Å². The van der Waals surface area contributed by atoms with Gasteiger partial charge in [-0.25, -0.2) is 4.79 Å². The first-order valence-corrected chi connectivity index (χ1v) is 8.64. The van der Waals surface area contributed by atoms with E-state index >= 15 is 0 Å². The summed E-state index contributed by atoms with van der Waals surface area (Å²) in [5, 5.41) is 18.1. The Morgan fingerprint density at radius 1 is 1.14 bits per heavy atom. The minimum absolute atomic E-state index is 0.141. The molecule has 2 rings (SSSR count). The minimum atomic E-state index is -0.656. The highest BCUT2D eigenvalue weighted by atomic mass is 16.5. The summed E-state index contributed by atoms with van der Waals surface area (Å²) in [6.07, 6.45) is 0.282. The van der Waals surface area contributed by atoms with Crippen LogP contribution in [0.1, 0.15) is 28.9 Å². The number of carbonyl (C=O) groups is 2. The maximum Gasteiger partial charge on any atom is 0.340 e. The molecule has 144 valence electrons. The lowest BCUT2D eigenvalue weighted by atomic mass is 10.1. The Morgan fingerprint density at radius 2 is 1.82 bits per heavy atom. The number of pyridine rings is 1. The lowest BCUT2D eigenvalue weighted by Gasteiger charge is -2.20. The first-order chi connectivity index (χ1) is 13.5. The number of nitrogens with zero attached hydrogens (tertiary/aromatic N) is 4. The Hall–Kier alpha value is -3.65. The molecule has 0 saturated heterocycles. The number of carbonyl (C=O) groups excluding carboxylic acids is 2. The molecule has 0 saturated carbocycles. The van der Waals surface area contributed by atoms with Crippen LogP contribution in [-0.4, -0.2) is 48.6 Å². The minimum Gasteiger partial charge on any atom is -0.497 e. The average molecular weight is 380 g/mol. The second kappa shape index (κ2) is 9.89. The van der Waals surface area contributed by atoms with E-state index in [2.05, 4.69) is 4.98 Å². The van der Waals surface area contributed by atoms with Gasteiger partial charge in [-0.15, -0.1) is 0 Å². The van der Waals surface area contributed by atoms with E-state index in [0.29, 0.717) is 17.0 Å². The van der Waals surface area contributed by atoms with Gasteiger partial charge in [-0.05, 0) is 25.1 Å². The number of hydrogen-bond acceptors (Lipinski definition) is 7. The van der Waals surface area contributed by atoms with E-state index < -0.39 is 18.5 Å². The van der Waals surface area contributed by atoms with Gasteiger partial charge >= 0.3 is 5.97 Å². The van der Waals surface area contributed by atoms with Crippen molar-refractivity contribution in [3.05, 3.63) is 35.5 Å². The summed E-state index contributed by atoms with van der Waals surface area (Å²) >= 11 is 0. The summed E-state index contributed by atoms with van der Waals surface area (Å²) in [7, 11) is 1.56. The van der Waals surface area contributed by atoms with Gasteiger partial charge in [0.1, 0.15) is 5.75 Å². The third kappa shape index (κ3) is 5.18. The second-order valence-electron chi connectivity index (χ2n) is 5.95. The van der Waals surface area contributed by atoms with Crippen LogP contribution in [0.5, 0.6) is 5.75 Å². The van der Waals surface area contributed by atoms with E-state index in [1.54, 1.807) is 38.3 Å². The molecule has 0 atom stereocenters. The van der Waals surface area contributed by atoms with E-state index in [-0.39, 0.29) is 31.5 Å². The van der Waals surface area contributed by atoms with Crippen molar-refractivity contribution in [3.8, 4) is 17.9 Å². The van der Waals surface area contributed by atoms with Crippen LogP contribution in [-0.2, 0) is 9.53 Å². The van der Waals surface area contributed by atoms with E-state index in [4.69, 9.17) is 20.0 Å². The van der Waals surface area contributed by atoms with Crippen LogP contribution in [0.25, 0.3) is 10.9 Å². The van der Waals surface area contributed by atoms with Gasteiger partial charge in [0.2, 0.25) is 0 Å². The predicted octanol–water partition coefficient (Wildman–Crippen LogP) is 2.36. The first kappa shape index (κ1) is 20.7. The smallest absolute Gasteiger partial charge is 0.340 e. The van der Waals surface area contributed by atoms with Crippen LogP contribution in [0.3, 0.4) is 0 Å². The van der Waals surface area contributed by atoms with E-state index in [9.17, 15) is 9.59 Å². The van der Waals surface area contributed by atoms with Crippen molar-refractivity contribution in [1.29, 1.82) is 10.5 Å². The molecule has 8 nitrogen and oxygen atoms in total. The number of aromatic nitrogens is 1. The normalized spacial score (nSPS) is 10.0. The van der Waals surface area contributed by atoms with E-state index in [1.165, 1.54) is 4.90 Å². The predicted molar refractivity (Wildman–Crippen MR) is 100 cm³/mol. The van der Waals surface area contributed by atoms with Crippen molar-refractivity contribution in [2.75, 3.05) is 26.8 Å². The molecule has 1 aromatic heterocycles. The fraction of sp³-hybridized carbons (Fsp3) is 0.350. The van der Waals surface area contributed by atoms with Gasteiger partial charge < -0.3 is 14.4 Å². The molecule has 0 spiro atoms. The number of amides is 1. The molecule has 1 aromatic carbocycles. The molecule has 8 heteroatoms. The number of fused-ring (bicyclic) bond motifs is 1. The fourth-order valence-corrected chi connectivity index (χ4v) is 2.60. The number of nitriles is 2. The Labute approximate surface area is 162 Å². The first-order valence-electron chi connectivity index (χ1n) is 8.64. The molecule has 0 aliphatic heterocycles. The van der Waals surface area contributed by atoms with E-state index in [1.807, 2.05) is 12.1 Å². The van der Waals surface area contributed by atoms with Gasteiger partial charge in [0.25, 0.3) is 5.91 Å². The van der Waals surface area contributed by atoms with Gasteiger partial charge in [0.15, 0.2) is 6.61 Å². The van der Waals surface area contributed by atoms with Crippen LogP contribution in [0, 0.1) is 29.6 Å². The van der Waals surface area contributed by atoms with Gasteiger partial charge in [-0.1, -0.05) is 0 Å². The number of ether oxygens (including phenoxy) is 2. The number of hydrogen-bond donors (Lipinski definition) is 0. The van der Waals surface area contributed by atoms with Crippen molar-refractivity contribution in [1.82, 2.24) is 9.88 Å². The Balaban J connectivity index is 2.09. The largest absolute Gasteiger partial charge is 0.497 e.